The summed E-state index contributed by atoms with van der Waals surface area (Å²) in [5.41, 5.74) is 1.12. The number of aliphatic imine (C=N–C) groups is 1. The second kappa shape index (κ2) is 14.0. The fraction of sp³-hybridized carbons (Fsp3) is 0.550. The monoisotopic (exact) mass is 519 g/mol. The van der Waals surface area contributed by atoms with Gasteiger partial charge in [0.15, 0.2) is 5.96 Å². The van der Waals surface area contributed by atoms with Gasteiger partial charge in [-0.3, -0.25) is 9.79 Å². The Kier molecular flexibility index (Phi) is 13.0. The molecular weight excluding hydrogens is 485 g/mol. The first-order chi connectivity index (χ1) is 13.2. The number of amides is 2. The van der Waals surface area contributed by atoms with Crippen LogP contribution in [0.25, 0.3) is 0 Å². The normalized spacial score (nSPS) is 11.1. The average Bonchev–Trinajstić information content (AvgIpc) is 2.63. The Bertz CT molecular complexity index is 674. The van der Waals surface area contributed by atoms with Crippen LogP contribution in [0, 0.1) is 0 Å². The van der Waals surface area contributed by atoms with Crippen LogP contribution in [-0.4, -0.2) is 50.2 Å². The number of guanidine groups is 1. The molecule has 0 bridgehead atoms. The number of hydrogen-bond donors (Lipinski definition) is 4. The molecule has 0 aliphatic carbocycles. The summed E-state index contributed by atoms with van der Waals surface area (Å²) in [5.74, 6) is 0.574. The van der Waals surface area contributed by atoms with E-state index in [-0.39, 0.29) is 29.9 Å². The van der Waals surface area contributed by atoms with Gasteiger partial charge in [-0.05, 0) is 51.8 Å². The molecule has 0 aromatic heterocycles. The highest BCUT2D eigenvalue weighted by atomic mass is 127. The van der Waals surface area contributed by atoms with E-state index in [0.717, 1.165) is 12.0 Å². The zero-order chi connectivity index (χ0) is 21.0. The molecule has 2 amide bonds. The van der Waals surface area contributed by atoms with Crippen LogP contribution < -0.4 is 21.3 Å². The van der Waals surface area contributed by atoms with Gasteiger partial charge in [-0.1, -0.05) is 12.1 Å². The highest BCUT2D eigenvalue weighted by Gasteiger charge is 2.15. The summed E-state index contributed by atoms with van der Waals surface area (Å²) in [6.07, 6.45) is 0.314. The lowest BCUT2D eigenvalue weighted by Gasteiger charge is -2.19. The molecule has 0 radical (unpaired) electrons. The third kappa shape index (κ3) is 12.2. The zero-order valence-electron chi connectivity index (χ0n) is 17.9. The van der Waals surface area contributed by atoms with Crippen molar-refractivity contribution in [2.75, 3.05) is 26.7 Å². The molecule has 0 saturated carbocycles. The van der Waals surface area contributed by atoms with Crippen molar-refractivity contribution in [3.05, 3.63) is 35.4 Å². The van der Waals surface area contributed by atoms with Gasteiger partial charge in [0.05, 0.1) is 0 Å². The summed E-state index contributed by atoms with van der Waals surface area (Å²) in [4.78, 5) is 27.7. The minimum absolute atomic E-state index is 0. The number of nitrogens with zero attached hydrogens (tertiary/aromatic N) is 1. The maximum absolute atomic E-state index is 11.9. The lowest BCUT2D eigenvalue weighted by molar-refractivity contribution is 0.0527. The van der Waals surface area contributed by atoms with Gasteiger partial charge in [0.25, 0.3) is 5.91 Å². The second-order valence-electron chi connectivity index (χ2n) is 7.19. The van der Waals surface area contributed by atoms with Gasteiger partial charge < -0.3 is 26.0 Å². The zero-order valence-corrected chi connectivity index (χ0v) is 20.3. The first kappa shape index (κ1) is 27.0. The molecule has 0 aliphatic rings. The van der Waals surface area contributed by atoms with Crippen LogP contribution in [0.1, 0.15) is 50.0 Å². The van der Waals surface area contributed by atoms with E-state index in [1.807, 2.05) is 45.9 Å². The quantitative estimate of drug-likeness (QED) is 0.183. The molecule has 0 aliphatic heterocycles. The molecule has 0 atom stereocenters. The van der Waals surface area contributed by atoms with Crippen molar-refractivity contribution < 1.29 is 14.3 Å². The van der Waals surface area contributed by atoms with Gasteiger partial charge in [-0.2, -0.15) is 0 Å². The number of ether oxygens (including phenoxy) is 1. The largest absolute Gasteiger partial charge is 0.444 e. The summed E-state index contributed by atoms with van der Waals surface area (Å²) in [6.45, 7) is 9.68. The van der Waals surface area contributed by atoms with Crippen molar-refractivity contribution >= 4 is 41.9 Å². The summed E-state index contributed by atoms with van der Waals surface area (Å²) < 4.78 is 5.18. The molecule has 0 unspecified atom stereocenters. The van der Waals surface area contributed by atoms with E-state index in [4.69, 9.17) is 4.74 Å². The fourth-order valence-electron chi connectivity index (χ4n) is 2.29. The Morgan fingerprint density at radius 3 is 2.38 bits per heavy atom. The second-order valence-corrected chi connectivity index (χ2v) is 7.19. The minimum Gasteiger partial charge on any atom is -0.444 e. The minimum atomic E-state index is -0.497. The number of carbonyl (C=O) groups is 2. The van der Waals surface area contributed by atoms with E-state index in [0.29, 0.717) is 37.7 Å². The molecule has 29 heavy (non-hydrogen) atoms. The molecule has 9 heteroatoms. The number of rotatable bonds is 8. The maximum atomic E-state index is 11.9. The summed E-state index contributed by atoms with van der Waals surface area (Å²) in [5, 5.41) is 11.9. The predicted octanol–water partition coefficient (Wildman–Crippen LogP) is 2.63. The Hall–Kier alpha value is -2.04. The smallest absolute Gasteiger partial charge is 0.407 e. The first-order valence-corrected chi connectivity index (χ1v) is 9.53. The van der Waals surface area contributed by atoms with Crippen LogP contribution in [0.5, 0.6) is 0 Å². The van der Waals surface area contributed by atoms with E-state index in [2.05, 4.69) is 26.3 Å². The van der Waals surface area contributed by atoms with Crippen molar-refractivity contribution in [1.29, 1.82) is 0 Å². The Morgan fingerprint density at radius 1 is 1.07 bits per heavy atom. The number of hydrogen-bond acceptors (Lipinski definition) is 4. The van der Waals surface area contributed by atoms with Crippen molar-refractivity contribution in [3.63, 3.8) is 0 Å². The SMILES string of the molecule is CCNC(=O)c1cccc(CNC(=NC)NCCCNC(=O)OC(C)(C)C)c1.I. The van der Waals surface area contributed by atoms with Crippen LogP contribution in [0.15, 0.2) is 29.3 Å². The molecular formula is C20H34IN5O3. The lowest BCUT2D eigenvalue weighted by Crippen LogP contribution is -2.39. The number of nitrogens with one attached hydrogen (secondary N) is 4. The van der Waals surface area contributed by atoms with E-state index in [1.165, 1.54) is 0 Å². The summed E-state index contributed by atoms with van der Waals surface area (Å²) >= 11 is 0. The van der Waals surface area contributed by atoms with Gasteiger partial charge in [0.1, 0.15) is 5.60 Å². The van der Waals surface area contributed by atoms with Crippen molar-refractivity contribution in [2.24, 2.45) is 4.99 Å². The molecule has 1 aromatic carbocycles. The third-order valence-electron chi connectivity index (χ3n) is 3.52. The van der Waals surface area contributed by atoms with Crippen LogP contribution in [0.4, 0.5) is 4.79 Å². The van der Waals surface area contributed by atoms with Crippen molar-refractivity contribution in [1.82, 2.24) is 21.3 Å². The van der Waals surface area contributed by atoms with Gasteiger partial charge in [-0.25, -0.2) is 4.79 Å². The van der Waals surface area contributed by atoms with Gasteiger partial charge in [0, 0.05) is 38.8 Å². The molecule has 8 nitrogen and oxygen atoms in total. The van der Waals surface area contributed by atoms with Crippen LogP contribution in [0.3, 0.4) is 0 Å². The Morgan fingerprint density at radius 2 is 1.76 bits per heavy atom. The van der Waals surface area contributed by atoms with Gasteiger partial charge in [-0.15, -0.1) is 24.0 Å². The molecule has 4 N–H and O–H groups in total. The van der Waals surface area contributed by atoms with Crippen LogP contribution in [-0.2, 0) is 11.3 Å². The molecule has 1 aromatic rings. The van der Waals surface area contributed by atoms with Crippen LogP contribution in [0.2, 0.25) is 0 Å². The molecule has 164 valence electrons. The predicted molar refractivity (Wildman–Crippen MR) is 127 cm³/mol. The summed E-state index contributed by atoms with van der Waals surface area (Å²) in [6, 6.07) is 7.46. The lowest BCUT2D eigenvalue weighted by atomic mass is 10.1. The number of carbonyl (C=O) groups excluding carboxylic acids is 2. The van der Waals surface area contributed by atoms with Crippen molar-refractivity contribution in [2.45, 2.75) is 46.3 Å². The Labute approximate surface area is 190 Å². The highest BCUT2D eigenvalue weighted by molar-refractivity contribution is 14.0. The van der Waals surface area contributed by atoms with E-state index >= 15 is 0 Å². The molecule has 0 heterocycles. The van der Waals surface area contributed by atoms with Crippen LogP contribution >= 0.6 is 24.0 Å². The number of alkyl carbamates (subject to hydrolysis) is 1. The maximum Gasteiger partial charge on any atom is 0.407 e. The van der Waals surface area contributed by atoms with E-state index in [1.54, 1.807) is 13.1 Å². The molecule has 0 fully saturated rings. The number of halogens is 1. The van der Waals surface area contributed by atoms with Gasteiger partial charge in [0.2, 0.25) is 0 Å². The first-order valence-electron chi connectivity index (χ1n) is 9.53. The number of benzene rings is 1. The molecule has 0 saturated heterocycles. The standard InChI is InChI=1S/C20H33N5O3.HI/c1-6-22-17(26)16-10-7-9-15(13-16)14-25-18(21-5)23-11-8-12-24-19(27)28-20(2,3)4;/h7,9-10,13H,6,8,11-12,14H2,1-5H3,(H,22,26)(H,24,27)(H2,21,23,25);1H. The molecule has 1 rings (SSSR count). The Balaban J connectivity index is 0.00000784. The van der Waals surface area contributed by atoms with E-state index in [9.17, 15) is 9.59 Å². The van der Waals surface area contributed by atoms with Crippen molar-refractivity contribution in [3.8, 4) is 0 Å². The third-order valence-corrected chi connectivity index (χ3v) is 3.52. The average molecular weight is 519 g/mol. The van der Waals surface area contributed by atoms with Gasteiger partial charge >= 0.3 is 6.09 Å². The highest BCUT2D eigenvalue weighted by Crippen LogP contribution is 2.06. The van der Waals surface area contributed by atoms with E-state index < -0.39 is 11.7 Å². The molecule has 0 spiro atoms. The topological polar surface area (TPSA) is 104 Å². The fourth-order valence-corrected chi connectivity index (χ4v) is 2.29. The summed E-state index contributed by atoms with van der Waals surface area (Å²) in [7, 11) is 1.69.